The Morgan fingerprint density at radius 1 is 1.29 bits per heavy atom. The summed E-state index contributed by atoms with van der Waals surface area (Å²) < 4.78 is 2.87. The Kier molecular flexibility index (Phi) is 5.59. The number of rotatable bonds is 3. The van der Waals surface area contributed by atoms with Crippen molar-refractivity contribution < 1.29 is 4.79 Å². The van der Waals surface area contributed by atoms with Crippen LogP contribution in [0.5, 0.6) is 0 Å². The van der Waals surface area contributed by atoms with Crippen LogP contribution in [0.25, 0.3) is 5.65 Å². The molecule has 24 heavy (non-hydrogen) atoms. The van der Waals surface area contributed by atoms with Gasteiger partial charge in [0, 0.05) is 12.2 Å². The van der Waals surface area contributed by atoms with Gasteiger partial charge in [-0.2, -0.15) is 0 Å². The van der Waals surface area contributed by atoms with Gasteiger partial charge in [-0.1, -0.05) is 39.0 Å². The third kappa shape index (κ3) is 3.66. The highest BCUT2D eigenvalue weighted by Gasteiger charge is 2.22. The minimum absolute atomic E-state index is 0.0161. The number of hydrogen-bond donors (Lipinski definition) is 1. The molecule has 1 fully saturated rings. The van der Waals surface area contributed by atoms with Crippen molar-refractivity contribution in [2.24, 2.45) is 0 Å². The minimum Gasteiger partial charge on any atom is -0.348 e. The minimum atomic E-state index is 0.0161. The van der Waals surface area contributed by atoms with E-state index in [2.05, 4.69) is 33.2 Å². The highest BCUT2D eigenvalue weighted by Crippen LogP contribution is 2.24. The van der Waals surface area contributed by atoms with Crippen LogP contribution >= 0.6 is 15.9 Å². The maximum absolute atomic E-state index is 13.0. The summed E-state index contributed by atoms with van der Waals surface area (Å²) in [6, 6.07) is 2.33. The van der Waals surface area contributed by atoms with Gasteiger partial charge in [-0.05, 0) is 53.7 Å². The lowest BCUT2D eigenvalue weighted by molar-refractivity contribution is 0.0923. The Bertz CT molecular complexity index is 730. The van der Waals surface area contributed by atoms with E-state index < -0.39 is 0 Å². The molecule has 1 aliphatic carbocycles. The summed E-state index contributed by atoms with van der Waals surface area (Å²) in [6.45, 7) is 4.08. The van der Waals surface area contributed by atoms with Crippen LogP contribution in [0, 0.1) is 6.92 Å². The van der Waals surface area contributed by atoms with Gasteiger partial charge < -0.3 is 5.32 Å². The smallest absolute Gasteiger partial charge is 0.270 e. The molecule has 4 nitrogen and oxygen atoms in total. The van der Waals surface area contributed by atoms with Crippen LogP contribution in [0.15, 0.2) is 16.7 Å². The molecule has 1 amide bonds. The van der Waals surface area contributed by atoms with E-state index >= 15 is 0 Å². The zero-order valence-corrected chi connectivity index (χ0v) is 16.2. The number of carbonyl (C=O) groups excluding carboxylic acids is 1. The van der Waals surface area contributed by atoms with Crippen LogP contribution in [0.3, 0.4) is 0 Å². The lowest BCUT2D eigenvalue weighted by Crippen LogP contribution is -2.36. The summed E-state index contributed by atoms with van der Waals surface area (Å²) in [4.78, 5) is 17.7. The number of aromatic nitrogens is 2. The summed E-state index contributed by atoms with van der Waals surface area (Å²) in [7, 11) is 0. The number of imidazole rings is 1. The van der Waals surface area contributed by atoms with E-state index in [4.69, 9.17) is 0 Å². The lowest BCUT2D eigenvalue weighted by Gasteiger charge is -2.21. The first-order valence-corrected chi connectivity index (χ1v) is 9.87. The van der Waals surface area contributed by atoms with E-state index in [1.807, 2.05) is 23.6 Å². The topological polar surface area (TPSA) is 46.4 Å². The van der Waals surface area contributed by atoms with Crippen molar-refractivity contribution in [2.75, 3.05) is 0 Å². The Balaban J connectivity index is 1.90. The molecule has 3 rings (SSSR count). The predicted molar refractivity (Wildman–Crippen MR) is 101 cm³/mol. The highest BCUT2D eigenvalue weighted by molar-refractivity contribution is 9.10. The van der Waals surface area contributed by atoms with E-state index in [9.17, 15) is 4.79 Å². The number of amides is 1. The van der Waals surface area contributed by atoms with E-state index in [0.717, 1.165) is 40.6 Å². The zero-order chi connectivity index (χ0) is 17.1. The van der Waals surface area contributed by atoms with Crippen molar-refractivity contribution in [3.63, 3.8) is 0 Å². The molecule has 2 heterocycles. The largest absolute Gasteiger partial charge is 0.348 e. The standard InChI is InChI=1S/C19H26BrN3O/c1-3-16-17(23-12-13(2)11-15(20)18(23)22-16)19(24)21-14-9-7-5-4-6-8-10-14/h11-12,14H,3-10H2,1-2H3,(H,21,24). The number of aryl methyl sites for hydroxylation is 2. The fraction of sp³-hybridized carbons (Fsp3) is 0.579. The zero-order valence-electron chi connectivity index (χ0n) is 14.6. The Hall–Kier alpha value is -1.36. The number of hydrogen-bond acceptors (Lipinski definition) is 2. The summed E-state index contributed by atoms with van der Waals surface area (Å²) >= 11 is 3.58. The van der Waals surface area contributed by atoms with Gasteiger partial charge in [0.05, 0.1) is 10.2 Å². The number of nitrogens with one attached hydrogen (secondary N) is 1. The quantitative estimate of drug-likeness (QED) is 0.815. The highest BCUT2D eigenvalue weighted by atomic mass is 79.9. The van der Waals surface area contributed by atoms with Crippen molar-refractivity contribution in [1.82, 2.24) is 14.7 Å². The molecule has 0 aliphatic heterocycles. The first-order chi connectivity index (χ1) is 11.6. The molecule has 2 aromatic rings. The molecule has 1 N–H and O–H groups in total. The molecule has 0 spiro atoms. The second-order valence-electron chi connectivity index (χ2n) is 6.84. The van der Waals surface area contributed by atoms with Crippen LogP contribution in [0.1, 0.15) is 73.6 Å². The number of carbonyl (C=O) groups is 1. The molecule has 0 atom stereocenters. The Morgan fingerprint density at radius 2 is 1.96 bits per heavy atom. The number of nitrogens with zero attached hydrogens (tertiary/aromatic N) is 2. The maximum Gasteiger partial charge on any atom is 0.270 e. The second kappa shape index (κ2) is 7.68. The first kappa shape index (κ1) is 17.5. The maximum atomic E-state index is 13.0. The van der Waals surface area contributed by atoms with E-state index in [-0.39, 0.29) is 5.91 Å². The van der Waals surface area contributed by atoms with Gasteiger partial charge in [0.1, 0.15) is 5.69 Å². The molecule has 0 unspecified atom stereocenters. The van der Waals surface area contributed by atoms with Crippen LogP contribution in [0.4, 0.5) is 0 Å². The summed E-state index contributed by atoms with van der Waals surface area (Å²) in [5, 5.41) is 3.28. The molecule has 1 aliphatic rings. The third-order valence-electron chi connectivity index (χ3n) is 4.87. The third-order valence-corrected chi connectivity index (χ3v) is 5.46. The van der Waals surface area contributed by atoms with Crippen LogP contribution in [0.2, 0.25) is 0 Å². The van der Waals surface area contributed by atoms with Gasteiger partial charge in [0.2, 0.25) is 0 Å². The molecule has 130 valence electrons. The summed E-state index contributed by atoms with van der Waals surface area (Å²) in [6.07, 6.45) is 11.3. The van der Waals surface area contributed by atoms with Crippen molar-refractivity contribution in [1.29, 1.82) is 0 Å². The van der Waals surface area contributed by atoms with Crippen LogP contribution in [-0.2, 0) is 6.42 Å². The number of fused-ring (bicyclic) bond motifs is 1. The van der Waals surface area contributed by atoms with E-state index in [1.165, 1.54) is 32.1 Å². The Morgan fingerprint density at radius 3 is 2.62 bits per heavy atom. The molecule has 0 saturated heterocycles. The predicted octanol–water partition coefficient (Wildman–Crippen LogP) is 4.81. The van der Waals surface area contributed by atoms with Gasteiger partial charge in [-0.15, -0.1) is 0 Å². The van der Waals surface area contributed by atoms with Crippen molar-refractivity contribution >= 4 is 27.5 Å². The molecular weight excluding hydrogens is 366 g/mol. The van der Waals surface area contributed by atoms with Crippen molar-refractivity contribution in [3.8, 4) is 0 Å². The molecule has 0 bridgehead atoms. The fourth-order valence-corrected chi connectivity index (χ4v) is 4.26. The van der Waals surface area contributed by atoms with Gasteiger partial charge >= 0.3 is 0 Å². The number of halogens is 1. The molecular formula is C19H26BrN3O. The van der Waals surface area contributed by atoms with Crippen LogP contribution in [-0.4, -0.2) is 21.3 Å². The van der Waals surface area contributed by atoms with Gasteiger partial charge in [-0.25, -0.2) is 4.98 Å². The molecule has 2 aromatic heterocycles. The fourth-order valence-electron chi connectivity index (χ4n) is 3.62. The Labute approximate surface area is 152 Å². The average molecular weight is 392 g/mol. The van der Waals surface area contributed by atoms with Crippen molar-refractivity contribution in [2.45, 2.75) is 71.3 Å². The molecule has 0 aromatic carbocycles. The van der Waals surface area contributed by atoms with Crippen LogP contribution < -0.4 is 5.32 Å². The average Bonchev–Trinajstić information content (AvgIpc) is 2.88. The van der Waals surface area contributed by atoms with E-state index in [0.29, 0.717) is 11.7 Å². The lowest BCUT2D eigenvalue weighted by atomic mass is 9.96. The van der Waals surface area contributed by atoms with Gasteiger partial charge in [-0.3, -0.25) is 9.20 Å². The SMILES string of the molecule is CCc1nc2c(Br)cc(C)cn2c1C(=O)NC1CCCCCCC1. The molecule has 1 saturated carbocycles. The molecule has 5 heteroatoms. The first-order valence-electron chi connectivity index (χ1n) is 9.08. The normalized spacial score (nSPS) is 16.8. The van der Waals surface area contributed by atoms with Crippen molar-refractivity contribution in [3.05, 3.63) is 33.7 Å². The van der Waals surface area contributed by atoms with Gasteiger partial charge in [0.25, 0.3) is 5.91 Å². The van der Waals surface area contributed by atoms with E-state index in [1.54, 1.807) is 0 Å². The summed E-state index contributed by atoms with van der Waals surface area (Å²) in [5.41, 5.74) is 3.48. The second-order valence-corrected chi connectivity index (χ2v) is 7.69. The van der Waals surface area contributed by atoms with Gasteiger partial charge in [0.15, 0.2) is 5.65 Å². The monoisotopic (exact) mass is 391 g/mol. The molecule has 0 radical (unpaired) electrons. The summed E-state index contributed by atoms with van der Waals surface area (Å²) in [5.74, 6) is 0.0161. The number of pyridine rings is 1.